The van der Waals surface area contributed by atoms with Crippen LogP contribution in [0.1, 0.15) is 17.0 Å². The van der Waals surface area contributed by atoms with E-state index in [4.69, 9.17) is 27.9 Å². The third-order valence-corrected chi connectivity index (χ3v) is 4.52. The lowest BCUT2D eigenvalue weighted by molar-refractivity contribution is 0.308. The Morgan fingerprint density at radius 1 is 1.12 bits per heavy atom. The molecule has 0 spiro atoms. The Balaban J connectivity index is 1.93. The molecule has 0 amide bonds. The van der Waals surface area contributed by atoms with E-state index in [-0.39, 0.29) is 0 Å². The molecule has 4 nitrogen and oxygen atoms in total. The number of rotatable bonds is 5. The van der Waals surface area contributed by atoms with Crippen molar-refractivity contribution in [1.29, 1.82) is 0 Å². The van der Waals surface area contributed by atoms with Crippen molar-refractivity contribution in [1.82, 2.24) is 14.3 Å². The van der Waals surface area contributed by atoms with Crippen molar-refractivity contribution in [3.8, 4) is 5.75 Å². The Hall–Kier alpha value is -1.75. The van der Waals surface area contributed by atoms with E-state index < -0.39 is 0 Å². The van der Waals surface area contributed by atoms with Crippen LogP contribution in [-0.4, -0.2) is 28.4 Å². The van der Waals surface area contributed by atoms with Gasteiger partial charge in [-0.05, 0) is 45.3 Å². The molecule has 0 unspecified atom stereocenters. The van der Waals surface area contributed by atoms with Gasteiger partial charge >= 0.3 is 0 Å². The number of pyridine rings is 1. The van der Waals surface area contributed by atoms with Crippen molar-refractivity contribution in [2.75, 3.05) is 14.1 Å². The zero-order valence-electron chi connectivity index (χ0n) is 13.9. The lowest BCUT2D eigenvalue weighted by Gasteiger charge is -2.12. The highest BCUT2D eigenvalue weighted by Crippen LogP contribution is 2.28. The first-order valence-electron chi connectivity index (χ1n) is 7.64. The third kappa shape index (κ3) is 3.36. The van der Waals surface area contributed by atoms with Crippen LogP contribution in [0, 0.1) is 6.92 Å². The molecule has 1 aromatic carbocycles. The average molecular weight is 364 g/mol. The Bertz CT molecular complexity index is 854. The molecule has 0 atom stereocenters. The third-order valence-electron chi connectivity index (χ3n) is 3.81. The minimum atomic E-state index is 0.299. The number of hydrogen-bond donors (Lipinski definition) is 0. The summed E-state index contributed by atoms with van der Waals surface area (Å²) in [5, 5.41) is 1.20. The van der Waals surface area contributed by atoms with Gasteiger partial charge in [-0.15, -0.1) is 0 Å². The fourth-order valence-corrected chi connectivity index (χ4v) is 3.13. The Morgan fingerprint density at radius 3 is 2.50 bits per heavy atom. The number of aromatic nitrogens is 2. The highest BCUT2D eigenvalue weighted by Gasteiger charge is 2.14. The standard InChI is InChI=1S/C18H19Cl2N3O/c1-12-16(10-22(2)3)23-9-5-8-17(18(23)21-12)24-11-13-14(19)6-4-7-15(13)20/h4-9H,10-11H2,1-3H3. The number of hydrogen-bond acceptors (Lipinski definition) is 3. The summed E-state index contributed by atoms with van der Waals surface area (Å²) < 4.78 is 8.04. The smallest absolute Gasteiger partial charge is 0.180 e. The molecule has 0 aliphatic carbocycles. The van der Waals surface area contributed by atoms with Crippen LogP contribution in [0.25, 0.3) is 5.65 Å². The first-order valence-corrected chi connectivity index (χ1v) is 8.40. The van der Waals surface area contributed by atoms with Crippen molar-refractivity contribution in [3.05, 3.63) is 63.5 Å². The summed E-state index contributed by atoms with van der Waals surface area (Å²) in [6.07, 6.45) is 2.00. The van der Waals surface area contributed by atoms with Crippen LogP contribution >= 0.6 is 23.2 Å². The summed E-state index contributed by atoms with van der Waals surface area (Å²) in [7, 11) is 4.08. The lowest BCUT2D eigenvalue weighted by Crippen LogP contribution is -2.13. The normalized spacial score (nSPS) is 11.4. The molecule has 0 aliphatic rings. The highest BCUT2D eigenvalue weighted by atomic mass is 35.5. The summed E-state index contributed by atoms with van der Waals surface area (Å²) in [6, 6.07) is 9.30. The number of benzene rings is 1. The van der Waals surface area contributed by atoms with Gasteiger partial charge in [0.2, 0.25) is 0 Å². The summed E-state index contributed by atoms with van der Waals surface area (Å²) in [5.41, 5.74) is 3.72. The topological polar surface area (TPSA) is 29.8 Å². The fraction of sp³-hybridized carbons (Fsp3) is 0.278. The van der Waals surface area contributed by atoms with Gasteiger partial charge in [-0.3, -0.25) is 4.40 Å². The molecule has 3 rings (SSSR count). The van der Waals surface area contributed by atoms with E-state index in [1.807, 2.05) is 57.5 Å². The summed E-state index contributed by atoms with van der Waals surface area (Å²) in [6.45, 7) is 3.13. The number of imidazole rings is 1. The predicted octanol–water partition coefficient (Wildman–Crippen LogP) is 4.59. The minimum absolute atomic E-state index is 0.299. The number of ether oxygens (including phenoxy) is 1. The van der Waals surface area contributed by atoms with E-state index in [0.29, 0.717) is 22.4 Å². The van der Waals surface area contributed by atoms with Crippen molar-refractivity contribution in [2.45, 2.75) is 20.1 Å². The van der Waals surface area contributed by atoms with Gasteiger partial charge < -0.3 is 9.64 Å². The van der Waals surface area contributed by atoms with Gasteiger partial charge in [-0.25, -0.2) is 4.98 Å². The van der Waals surface area contributed by atoms with Gasteiger partial charge in [0.05, 0.1) is 11.4 Å². The molecule has 126 valence electrons. The zero-order valence-corrected chi connectivity index (χ0v) is 15.4. The van der Waals surface area contributed by atoms with E-state index in [0.717, 1.165) is 29.1 Å². The molecule has 0 saturated heterocycles. The van der Waals surface area contributed by atoms with E-state index in [2.05, 4.69) is 14.3 Å². The first kappa shape index (κ1) is 17.1. The van der Waals surface area contributed by atoms with Crippen molar-refractivity contribution in [3.63, 3.8) is 0 Å². The SMILES string of the molecule is Cc1nc2c(OCc3c(Cl)cccc3Cl)cccn2c1CN(C)C. The van der Waals surface area contributed by atoms with Gasteiger partial charge in [0.25, 0.3) is 0 Å². The number of halogens is 2. The molecule has 0 aliphatic heterocycles. The quantitative estimate of drug-likeness (QED) is 0.663. The molecule has 6 heteroatoms. The van der Waals surface area contributed by atoms with Crippen molar-refractivity contribution >= 4 is 28.8 Å². The summed E-state index contributed by atoms with van der Waals surface area (Å²) >= 11 is 12.4. The van der Waals surface area contributed by atoms with E-state index in [1.54, 1.807) is 0 Å². The van der Waals surface area contributed by atoms with Gasteiger partial charge in [-0.1, -0.05) is 29.3 Å². The van der Waals surface area contributed by atoms with Gasteiger partial charge in [0.15, 0.2) is 11.4 Å². The maximum atomic E-state index is 6.21. The van der Waals surface area contributed by atoms with Crippen LogP contribution in [0.15, 0.2) is 36.5 Å². The zero-order chi connectivity index (χ0) is 17.3. The number of nitrogens with zero attached hydrogens (tertiary/aromatic N) is 3. The summed E-state index contributed by atoms with van der Waals surface area (Å²) in [4.78, 5) is 6.79. The highest BCUT2D eigenvalue weighted by molar-refractivity contribution is 6.35. The molecule has 0 radical (unpaired) electrons. The fourth-order valence-electron chi connectivity index (χ4n) is 2.63. The minimum Gasteiger partial charge on any atom is -0.485 e. The number of fused-ring (bicyclic) bond motifs is 1. The van der Waals surface area contributed by atoms with Crippen LogP contribution < -0.4 is 4.74 Å². The van der Waals surface area contributed by atoms with Crippen LogP contribution in [0.3, 0.4) is 0 Å². The molecule has 0 saturated carbocycles. The Kier molecular flexibility index (Phi) is 4.99. The van der Waals surface area contributed by atoms with Crippen LogP contribution in [0.5, 0.6) is 5.75 Å². The molecular weight excluding hydrogens is 345 g/mol. The number of aryl methyl sites for hydroxylation is 1. The molecule has 24 heavy (non-hydrogen) atoms. The molecule has 0 N–H and O–H groups in total. The van der Waals surface area contributed by atoms with Gasteiger partial charge in [-0.2, -0.15) is 0 Å². The largest absolute Gasteiger partial charge is 0.485 e. The average Bonchev–Trinajstić information content (AvgIpc) is 2.83. The molecule has 2 heterocycles. The molecule has 0 bridgehead atoms. The maximum absolute atomic E-state index is 6.21. The second-order valence-corrected chi connectivity index (χ2v) is 6.75. The second-order valence-electron chi connectivity index (χ2n) is 5.94. The molecule has 0 fully saturated rings. The monoisotopic (exact) mass is 363 g/mol. The van der Waals surface area contributed by atoms with Gasteiger partial charge in [0, 0.05) is 28.4 Å². The molecular formula is C18H19Cl2N3O. The Morgan fingerprint density at radius 2 is 1.83 bits per heavy atom. The second kappa shape index (κ2) is 7.01. The predicted molar refractivity (Wildman–Crippen MR) is 98.1 cm³/mol. The summed E-state index contributed by atoms with van der Waals surface area (Å²) in [5.74, 6) is 0.710. The van der Waals surface area contributed by atoms with E-state index in [1.165, 1.54) is 0 Å². The lowest BCUT2D eigenvalue weighted by atomic mass is 10.2. The first-order chi connectivity index (χ1) is 11.5. The van der Waals surface area contributed by atoms with Crippen molar-refractivity contribution < 1.29 is 4.74 Å². The molecule has 3 aromatic rings. The van der Waals surface area contributed by atoms with E-state index in [9.17, 15) is 0 Å². The van der Waals surface area contributed by atoms with E-state index >= 15 is 0 Å². The van der Waals surface area contributed by atoms with Crippen molar-refractivity contribution in [2.24, 2.45) is 0 Å². The molecule has 2 aromatic heterocycles. The van der Waals surface area contributed by atoms with Crippen LogP contribution in [-0.2, 0) is 13.2 Å². The van der Waals surface area contributed by atoms with Crippen LogP contribution in [0.4, 0.5) is 0 Å². The Labute approximate surface area is 151 Å². The van der Waals surface area contributed by atoms with Crippen LogP contribution in [0.2, 0.25) is 10.0 Å². The maximum Gasteiger partial charge on any atom is 0.180 e. The van der Waals surface area contributed by atoms with Gasteiger partial charge in [0.1, 0.15) is 6.61 Å².